The smallest absolute Gasteiger partial charge is 0.338 e. The maximum Gasteiger partial charge on any atom is 0.344 e. The Balaban J connectivity index is 1.60. The number of hydrogen-bond acceptors (Lipinski definition) is 4. The molecule has 0 saturated heterocycles. The lowest BCUT2D eigenvalue weighted by Gasteiger charge is -2.24. The third-order valence-electron chi connectivity index (χ3n) is 9.79. The van der Waals surface area contributed by atoms with Gasteiger partial charge in [-0.25, -0.2) is 9.59 Å². The van der Waals surface area contributed by atoms with Crippen molar-refractivity contribution >= 4 is 23.7 Å². The molecule has 0 bridgehead atoms. The Morgan fingerprint density at radius 2 is 1.20 bits per heavy atom. The molecule has 10 nitrogen and oxygen atoms in total. The number of nitrogens with one attached hydrogen (secondary N) is 3. The Morgan fingerprint density at radius 1 is 0.720 bits per heavy atom. The van der Waals surface area contributed by atoms with Gasteiger partial charge in [-0.15, -0.1) is 4.79 Å². The summed E-state index contributed by atoms with van der Waals surface area (Å²) >= 11 is 0. The molecule has 3 rings (SSSR count). The lowest BCUT2D eigenvalue weighted by molar-refractivity contribution is 0.242. The van der Waals surface area contributed by atoms with E-state index in [1.165, 1.54) is 108 Å². The van der Waals surface area contributed by atoms with Crippen LogP contribution in [0, 0.1) is 0 Å². The number of aryl methyl sites for hydroxylation is 1. The van der Waals surface area contributed by atoms with Crippen LogP contribution in [0.15, 0.2) is 12.1 Å². The third kappa shape index (κ3) is 15.1. The number of unbranched alkanes of at least 4 members (excludes halogenated alkanes) is 18. The van der Waals surface area contributed by atoms with Crippen LogP contribution in [0.5, 0.6) is 0 Å². The van der Waals surface area contributed by atoms with Gasteiger partial charge in [-0.05, 0) is 25.7 Å². The van der Waals surface area contributed by atoms with Crippen LogP contribution in [0.3, 0.4) is 0 Å². The summed E-state index contributed by atoms with van der Waals surface area (Å²) in [7, 11) is 1.87. The number of amides is 4. The van der Waals surface area contributed by atoms with E-state index in [1.54, 1.807) is 9.47 Å². The molecule has 10 heteroatoms. The molecule has 1 fully saturated rings. The highest BCUT2D eigenvalue weighted by Gasteiger charge is 2.32. The summed E-state index contributed by atoms with van der Waals surface area (Å²) in [6, 6.07) is 3.28. The van der Waals surface area contributed by atoms with Crippen molar-refractivity contribution in [1.29, 1.82) is 0 Å². The number of nitrogens with zero attached hydrogens (tertiary/aromatic N) is 5. The van der Waals surface area contributed by atoms with E-state index in [9.17, 15) is 9.59 Å². The molecule has 2 heterocycles. The second-order valence-corrected chi connectivity index (χ2v) is 15.7. The van der Waals surface area contributed by atoms with Crippen LogP contribution in [0.1, 0.15) is 193 Å². The molecule has 1 aliphatic rings. The number of hydrogen-bond donors (Lipinski definition) is 3. The maximum absolute atomic E-state index is 14.0. The molecular weight excluding hydrogens is 624 g/mol. The monoisotopic (exact) mass is 697 g/mol. The average Bonchev–Trinajstić information content (AvgIpc) is 3.74. The van der Waals surface area contributed by atoms with Gasteiger partial charge < -0.3 is 10.6 Å². The number of carbonyl (C=O) groups excluding carboxylic acids is 2. The van der Waals surface area contributed by atoms with E-state index in [4.69, 9.17) is 10.2 Å². The van der Waals surface area contributed by atoms with Gasteiger partial charge >= 0.3 is 12.1 Å². The largest absolute Gasteiger partial charge is 0.344 e. The van der Waals surface area contributed by atoms with E-state index in [0.29, 0.717) is 30.6 Å². The van der Waals surface area contributed by atoms with Gasteiger partial charge in [0, 0.05) is 43.6 Å². The van der Waals surface area contributed by atoms with Crippen LogP contribution in [0.25, 0.3) is 0 Å². The molecule has 0 spiro atoms. The zero-order valence-corrected chi connectivity index (χ0v) is 32.8. The van der Waals surface area contributed by atoms with Crippen molar-refractivity contribution in [3.05, 3.63) is 23.5 Å². The van der Waals surface area contributed by atoms with Crippen LogP contribution < -0.4 is 21.0 Å². The van der Waals surface area contributed by atoms with E-state index in [1.807, 2.05) is 19.2 Å². The lowest BCUT2D eigenvalue weighted by Crippen LogP contribution is -2.46. The molecule has 0 atom stereocenters. The molecule has 3 N–H and O–H groups in total. The van der Waals surface area contributed by atoms with E-state index in [2.05, 4.69) is 50.6 Å². The van der Waals surface area contributed by atoms with Crippen LogP contribution in [-0.2, 0) is 12.5 Å². The predicted octanol–water partition coefficient (Wildman–Crippen LogP) is 10.7. The topological polar surface area (TPSA) is 109 Å². The highest BCUT2D eigenvalue weighted by molar-refractivity contribution is 5.93. The molecule has 0 radical (unpaired) electrons. The molecule has 2 aromatic rings. The van der Waals surface area contributed by atoms with Crippen molar-refractivity contribution in [2.75, 3.05) is 23.4 Å². The first-order chi connectivity index (χ1) is 24.2. The molecule has 1 aliphatic carbocycles. The number of rotatable bonds is 26. The van der Waals surface area contributed by atoms with Gasteiger partial charge in [-0.3, -0.25) is 10.00 Å². The zero-order valence-electron chi connectivity index (χ0n) is 32.8. The quantitative estimate of drug-likeness (QED) is 0.0850. The van der Waals surface area contributed by atoms with Gasteiger partial charge in [0.05, 0.1) is 11.4 Å². The van der Waals surface area contributed by atoms with E-state index >= 15 is 0 Å². The van der Waals surface area contributed by atoms with Gasteiger partial charge in [0.1, 0.15) is 0 Å². The van der Waals surface area contributed by atoms with Crippen LogP contribution in [0.2, 0.25) is 0 Å². The van der Waals surface area contributed by atoms with Gasteiger partial charge in [-0.2, -0.15) is 15.2 Å². The van der Waals surface area contributed by atoms with Crippen molar-refractivity contribution in [3.63, 3.8) is 0 Å². The number of urea groups is 2. The second kappa shape index (κ2) is 22.7. The van der Waals surface area contributed by atoms with Gasteiger partial charge in [0.2, 0.25) is 0 Å². The van der Waals surface area contributed by atoms with Gasteiger partial charge in [-0.1, -0.05) is 150 Å². The predicted molar refractivity (Wildman–Crippen MR) is 208 cm³/mol. The Labute approximate surface area is 304 Å². The Bertz CT molecular complexity index is 1240. The Hall–Kier alpha value is -3.04. The van der Waals surface area contributed by atoms with Crippen molar-refractivity contribution in [3.8, 4) is 0 Å². The Morgan fingerprint density at radius 3 is 1.68 bits per heavy atom. The van der Waals surface area contributed by atoms with Gasteiger partial charge in [0.15, 0.2) is 11.6 Å². The summed E-state index contributed by atoms with van der Waals surface area (Å²) < 4.78 is 1.75. The Kier molecular flexibility index (Phi) is 18.8. The van der Waals surface area contributed by atoms with Crippen molar-refractivity contribution in [2.24, 2.45) is 7.05 Å². The molecule has 0 aliphatic heterocycles. The van der Waals surface area contributed by atoms with E-state index < -0.39 is 0 Å². The summed E-state index contributed by atoms with van der Waals surface area (Å²) in [6.07, 6.45) is 27.2. The van der Waals surface area contributed by atoms with E-state index in [0.717, 1.165) is 49.9 Å². The minimum absolute atomic E-state index is 0.288. The molecule has 50 heavy (non-hydrogen) atoms. The summed E-state index contributed by atoms with van der Waals surface area (Å²) in [5.74, 6) is 1.49. The fourth-order valence-electron chi connectivity index (χ4n) is 6.38. The maximum atomic E-state index is 14.0. The third-order valence-corrected chi connectivity index (χ3v) is 9.79. The molecule has 1 saturated carbocycles. The molecule has 0 unspecified atom stereocenters. The second-order valence-electron chi connectivity index (χ2n) is 15.7. The lowest BCUT2D eigenvalue weighted by atomic mass is 9.92. The fourth-order valence-corrected chi connectivity index (χ4v) is 6.38. The first-order valence-electron chi connectivity index (χ1n) is 20.4. The number of carbonyl (C=O) groups is 2. The van der Waals surface area contributed by atoms with E-state index in [-0.39, 0.29) is 17.5 Å². The molecular formula is C40H72N8O2. The minimum Gasteiger partial charge on any atom is -0.338 e. The summed E-state index contributed by atoms with van der Waals surface area (Å²) in [4.78, 5) is 28.7. The van der Waals surface area contributed by atoms with Crippen molar-refractivity contribution in [1.82, 2.24) is 30.3 Å². The first kappa shape index (κ1) is 41.4. The van der Waals surface area contributed by atoms with Crippen LogP contribution in [-0.4, -0.2) is 44.8 Å². The van der Waals surface area contributed by atoms with Crippen molar-refractivity contribution < 1.29 is 9.59 Å². The molecule has 284 valence electrons. The minimum atomic E-state index is -0.295. The molecule has 4 amide bonds. The summed E-state index contributed by atoms with van der Waals surface area (Å²) in [5.41, 5.74) is 1.47. The highest BCUT2D eigenvalue weighted by atomic mass is 16.2. The summed E-state index contributed by atoms with van der Waals surface area (Å²) in [5, 5.41) is 20.4. The van der Waals surface area contributed by atoms with Gasteiger partial charge in [0.25, 0.3) is 0 Å². The number of aromatic nitrogens is 4. The standard InChI is InChI=1S/C40H72N8O2/c1-7-9-11-13-15-17-19-21-23-25-29-41-38(49)43-36-32-35(40(3,4)5)45-48(36)47(37-31-34(33-27-28-33)44-46(37)6)39(50)42-30-26-24-22-20-18-16-14-12-10-8-2/h31-33H,7-30H2,1-6H3,(H,42,50)(H2,41,43,49). The SMILES string of the molecule is CCCCCCCCCCCCNC(=O)Nc1cc(C(C)(C)C)nn1N(C(=O)NCCCCCCCCCCCC)c1cc(C2CC2)nn1C. The first-order valence-corrected chi connectivity index (χ1v) is 20.4. The zero-order chi connectivity index (χ0) is 36.2. The number of anilines is 2. The highest BCUT2D eigenvalue weighted by Crippen LogP contribution is 2.40. The fraction of sp³-hybridized carbons (Fsp3) is 0.800. The average molecular weight is 697 g/mol. The molecule has 2 aromatic heterocycles. The van der Waals surface area contributed by atoms with Crippen LogP contribution >= 0.6 is 0 Å². The van der Waals surface area contributed by atoms with Crippen molar-refractivity contribution in [2.45, 2.75) is 187 Å². The van der Waals surface area contributed by atoms with Crippen LogP contribution in [0.4, 0.5) is 21.2 Å². The molecule has 0 aromatic carbocycles. The normalized spacial score (nSPS) is 13.1. The summed E-state index contributed by atoms with van der Waals surface area (Å²) in [6.45, 7) is 12.0.